The second-order valence-corrected chi connectivity index (χ2v) is 5.32. The van der Waals surface area contributed by atoms with Crippen LogP contribution in [0.1, 0.15) is 5.56 Å². The number of para-hydroxylation sites is 2. The van der Waals surface area contributed by atoms with E-state index < -0.39 is 0 Å². The Kier molecular flexibility index (Phi) is 2.97. The molecule has 3 heteroatoms. The fourth-order valence-electron chi connectivity index (χ4n) is 2.80. The lowest BCUT2D eigenvalue weighted by Gasteiger charge is -2.00. The Morgan fingerprint density at radius 2 is 1.64 bits per heavy atom. The fourth-order valence-corrected chi connectivity index (χ4v) is 2.80. The van der Waals surface area contributed by atoms with Crippen LogP contribution in [0, 0.1) is 6.92 Å². The summed E-state index contributed by atoms with van der Waals surface area (Å²) in [6.07, 6.45) is 3.94. The van der Waals surface area contributed by atoms with Crippen LogP contribution < -0.4 is 4.57 Å². The minimum absolute atomic E-state index is 0.956. The van der Waals surface area contributed by atoms with Crippen molar-refractivity contribution in [2.75, 3.05) is 0 Å². The molecule has 0 aliphatic heterocycles. The predicted molar refractivity (Wildman–Crippen MR) is 87.3 cm³/mol. The van der Waals surface area contributed by atoms with E-state index in [-0.39, 0.29) is 0 Å². The highest BCUT2D eigenvalue weighted by Crippen LogP contribution is 2.17. The molecular weight excluding hydrogens is 270 g/mol. The molecule has 3 nitrogen and oxygen atoms in total. The van der Waals surface area contributed by atoms with Crippen LogP contribution >= 0.6 is 0 Å². The minimum Gasteiger partial charge on any atom is -0.214 e. The average Bonchev–Trinajstić information content (AvgIpc) is 2.96. The molecule has 2 aromatic heterocycles. The Bertz CT molecular complexity index is 939. The van der Waals surface area contributed by atoms with Crippen molar-refractivity contribution in [1.29, 1.82) is 0 Å². The summed E-state index contributed by atoms with van der Waals surface area (Å²) in [6, 6.07) is 22.8. The van der Waals surface area contributed by atoms with Gasteiger partial charge >= 0.3 is 0 Å². The predicted octanol–water partition coefficient (Wildman–Crippen LogP) is 3.61. The molecule has 4 rings (SSSR count). The van der Waals surface area contributed by atoms with Crippen molar-refractivity contribution in [2.45, 2.75) is 6.92 Å². The Balaban J connectivity index is 2.04. The Hall–Kier alpha value is -2.94. The summed E-state index contributed by atoms with van der Waals surface area (Å²) in [5.74, 6) is 0. The zero-order chi connectivity index (χ0) is 14.9. The highest BCUT2D eigenvalue weighted by Gasteiger charge is 2.20. The molecule has 106 valence electrons. The molecule has 0 unspecified atom stereocenters. The van der Waals surface area contributed by atoms with Gasteiger partial charge in [-0.1, -0.05) is 36.4 Å². The van der Waals surface area contributed by atoms with Gasteiger partial charge in [0.15, 0.2) is 5.52 Å². The van der Waals surface area contributed by atoms with Gasteiger partial charge in [0.2, 0.25) is 0 Å². The van der Waals surface area contributed by atoms with E-state index in [0.29, 0.717) is 0 Å². The first-order valence-corrected chi connectivity index (χ1v) is 7.34. The molecule has 0 saturated carbocycles. The maximum atomic E-state index is 4.58. The molecule has 0 bridgehead atoms. The number of hydrogen-bond acceptors (Lipinski definition) is 1. The third-order valence-electron chi connectivity index (χ3n) is 3.89. The van der Waals surface area contributed by atoms with E-state index in [4.69, 9.17) is 0 Å². The number of aryl methyl sites for hydroxylation is 1. The first kappa shape index (κ1) is 12.8. The lowest BCUT2D eigenvalue weighted by atomic mass is 10.2. The van der Waals surface area contributed by atoms with Crippen molar-refractivity contribution in [3.63, 3.8) is 0 Å². The van der Waals surface area contributed by atoms with E-state index in [0.717, 1.165) is 16.9 Å². The smallest absolute Gasteiger partial charge is 0.214 e. The van der Waals surface area contributed by atoms with Gasteiger partial charge in [0, 0.05) is 6.20 Å². The molecule has 4 aromatic rings. The van der Waals surface area contributed by atoms with Crippen LogP contribution in [-0.2, 0) is 0 Å². The Morgan fingerprint density at radius 3 is 2.45 bits per heavy atom. The van der Waals surface area contributed by atoms with Crippen molar-refractivity contribution < 1.29 is 4.57 Å². The van der Waals surface area contributed by atoms with Crippen molar-refractivity contribution >= 4 is 11.2 Å². The van der Waals surface area contributed by atoms with Crippen LogP contribution in [-0.4, -0.2) is 9.55 Å². The molecule has 2 heterocycles. The number of fused-ring (bicyclic) bond motifs is 1. The summed E-state index contributed by atoms with van der Waals surface area (Å²) in [6.45, 7) is 2.13. The van der Waals surface area contributed by atoms with E-state index in [9.17, 15) is 0 Å². The van der Waals surface area contributed by atoms with Gasteiger partial charge in [-0.2, -0.15) is 9.13 Å². The van der Waals surface area contributed by atoms with E-state index in [1.807, 2.05) is 30.5 Å². The van der Waals surface area contributed by atoms with Crippen molar-refractivity contribution in [2.24, 2.45) is 0 Å². The van der Waals surface area contributed by atoms with Gasteiger partial charge in [-0.25, -0.2) is 4.98 Å². The number of nitrogens with zero attached hydrogens (tertiary/aromatic N) is 3. The van der Waals surface area contributed by atoms with Crippen LogP contribution in [0.3, 0.4) is 0 Å². The zero-order valence-electron chi connectivity index (χ0n) is 12.3. The average molecular weight is 286 g/mol. The van der Waals surface area contributed by atoms with Gasteiger partial charge in [-0.3, -0.25) is 0 Å². The number of rotatable bonds is 2. The largest absolute Gasteiger partial charge is 0.274 e. The number of imidazole rings is 1. The zero-order valence-corrected chi connectivity index (χ0v) is 12.3. The first-order valence-electron chi connectivity index (χ1n) is 7.34. The molecule has 0 aliphatic rings. The minimum atomic E-state index is 0.956. The number of hydrogen-bond donors (Lipinski definition) is 0. The van der Waals surface area contributed by atoms with E-state index in [1.165, 1.54) is 11.3 Å². The van der Waals surface area contributed by atoms with Crippen molar-refractivity contribution in [3.8, 4) is 11.4 Å². The SMILES string of the molecule is Cc1ccccc1-[n+]1cn(-c2ccccc2)c2ncccc21. The summed E-state index contributed by atoms with van der Waals surface area (Å²) in [5, 5.41) is 0. The van der Waals surface area contributed by atoms with Crippen LogP contribution in [0.25, 0.3) is 22.5 Å². The lowest BCUT2D eigenvalue weighted by molar-refractivity contribution is -0.568. The number of pyridine rings is 1. The molecule has 2 aromatic carbocycles. The molecule has 0 fully saturated rings. The quantitative estimate of drug-likeness (QED) is 0.516. The topological polar surface area (TPSA) is 21.7 Å². The monoisotopic (exact) mass is 286 g/mol. The summed E-state index contributed by atoms with van der Waals surface area (Å²) in [7, 11) is 0. The molecule has 0 amide bonds. The van der Waals surface area contributed by atoms with Crippen molar-refractivity contribution in [1.82, 2.24) is 9.55 Å². The number of aromatic nitrogens is 3. The van der Waals surface area contributed by atoms with Crippen LogP contribution in [0.15, 0.2) is 79.3 Å². The Morgan fingerprint density at radius 1 is 0.864 bits per heavy atom. The highest BCUT2D eigenvalue weighted by atomic mass is 15.2. The van der Waals surface area contributed by atoms with Gasteiger partial charge in [-0.15, -0.1) is 0 Å². The van der Waals surface area contributed by atoms with Crippen LogP contribution in [0.5, 0.6) is 0 Å². The fraction of sp³-hybridized carbons (Fsp3) is 0.0526. The molecule has 0 spiro atoms. The van der Waals surface area contributed by atoms with Crippen LogP contribution in [0.2, 0.25) is 0 Å². The van der Waals surface area contributed by atoms with Crippen LogP contribution in [0.4, 0.5) is 0 Å². The summed E-state index contributed by atoms with van der Waals surface area (Å²) >= 11 is 0. The van der Waals surface area contributed by atoms with Gasteiger partial charge in [0.25, 0.3) is 12.0 Å². The molecule has 22 heavy (non-hydrogen) atoms. The van der Waals surface area contributed by atoms with Crippen molar-refractivity contribution in [3.05, 3.63) is 84.8 Å². The second-order valence-electron chi connectivity index (χ2n) is 5.32. The molecule has 0 atom stereocenters. The van der Waals surface area contributed by atoms with Gasteiger partial charge in [0.1, 0.15) is 11.4 Å². The molecule has 0 saturated heterocycles. The normalized spacial score (nSPS) is 11.0. The van der Waals surface area contributed by atoms with Gasteiger partial charge in [-0.05, 0) is 42.8 Å². The Labute approximate surface area is 129 Å². The third kappa shape index (κ3) is 1.99. The lowest BCUT2D eigenvalue weighted by Crippen LogP contribution is -2.29. The molecule has 0 radical (unpaired) electrons. The number of benzene rings is 2. The molecule has 0 aliphatic carbocycles. The standard InChI is InChI=1S/C19H16N3/c1-15-8-5-6-11-17(15)22-14-21(16-9-3-2-4-10-16)19-18(22)12-7-13-20-19/h2-14H,1H3/q+1. The second kappa shape index (κ2) is 5.11. The van der Waals surface area contributed by atoms with E-state index >= 15 is 0 Å². The molecule has 0 N–H and O–H groups in total. The third-order valence-corrected chi connectivity index (χ3v) is 3.89. The maximum Gasteiger partial charge on any atom is 0.274 e. The summed E-state index contributed by atoms with van der Waals surface area (Å²) < 4.78 is 4.33. The summed E-state index contributed by atoms with van der Waals surface area (Å²) in [4.78, 5) is 4.58. The van der Waals surface area contributed by atoms with Gasteiger partial charge < -0.3 is 0 Å². The first-order chi connectivity index (χ1) is 10.8. The maximum absolute atomic E-state index is 4.58. The van der Waals surface area contributed by atoms with Gasteiger partial charge in [0.05, 0.1) is 0 Å². The molecular formula is C19H16N3+. The highest BCUT2D eigenvalue weighted by molar-refractivity contribution is 5.69. The van der Waals surface area contributed by atoms with E-state index in [1.54, 1.807) is 0 Å². The summed E-state index contributed by atoms with van der Waals surface area (Å²) in [5.41, 5.74) is 5.58. The van der Waals surface area contributed by atoms with E-state index in [2.05, 4.69) is 69.8 Å².